The highest BCUT2D eigenvalue weighted by Crippen LogP contribution is 1.90. The molecule has 0 atom stereocenters. The third-order valence-corrected chi connectivity index (χ3v) is 1.43. The number of urea groups is 1. The van der Waals surface area contributed by atoms with Gasteiger partial charge in [-0.05, 0) is 12.8 Å². The van der Waals surface area contributed by atoms with Gasteiger partial charge in [-0.3, -0.25) is 4.79 Å². The Morgan fingerprint density at radius 2 is 2.00 bits per heavy atom. The normalized spacial score (nSPS) is 8.79. The van der Waals surface area contributed by atoms with Crippen LogP contribution in [0.15, 0.2) is 0 Å². The predicted octanol–water partition coefficient (Wildman–Crippen LogP) is 0.174. The summed E-state index contributed by atoms with van der Waals surface area (Å²) < 4.78 is 0. The van der Waals surface area contributed by atoms with Crippen LogP contribution >= 0.6 is 0 Å². The first-order chi connectivity index (χ1) is 6.66. The molecule has 0 aromatic rings. The zero-order valence-electron chi connectivity index (χ0n) is 7.88. The zero-order chi connectivity index (χ0) is 10.8. The first kappa shape index (κ1) is 12.3. The van der Waals surface area contributed by atoms with Crippen molar-refractivity contribution in [1.82, 2.24) is 10.6 Å². The van der Waals surface area contributed by atoms with Gasteiger partial charge in [-0.1, -0.05) is 0 Å². The molecule has 0 saturated heterocycles. The van der Waals surface area contributed by atoms with E-state index in [-0.39, 0.29) is 6.54 Å². The van der Waals surface area contributed by atoms with E-state index in [4.69, 9.17) is 11.5 Å². The van der Waals surface area contributed by atoms with Crippen LogP contribution in [0.5, 0.6) is 0 Å². The molecule has 0 aromatic heterocycles. The van der Waals surface area contributed by atoms with Crippen LogP contribution in [-0.2, 0) is 4.79 Å². The van der Waals surface area contributed by atoms with Crippen LogP contribution < -0.4 is 10.6 Å². The number of unbranched alkanes of at least 4 members (excludes halogenated alkanes) is 2. The van der Waals surface area contributed by atoms with E-state index in [1.54, 1.807) is 0 Å². The van der Waals surface area contributed by atoms with E-state index >= 15 is 0 Å². The van der Waals surface area contributed by atoms with E-state index in [9.17, 15) is 9.59 Å². The van der Waals surface area contributed by atoms with Crippen molar-refractivity contribution < 1.29 is 14.7 Å². The highest BCUT2D eigenvalue weighted by Gasteiger charge is 2.01. The molecule has 0 heterocycles. The van der Waals surface area contributed by atoms with Crippen molar-refractivity contribution in [3.8, 4) is 12.3 Å². The molecule has 0 saturated carbocycles. The Kier molecular flexibility index (Phi) is 6.96. The summed E-state index contributed by atoms with van der Waals surface area (Å²) in [5.41, 5.74) is 0. The SMILES string of the molecule is C#CCCCCNC(=O)NCC(=O)O. The Bertz CT molecular complexity index is 233. The molecule has 5 heteroatoms. The number of hydrogen-bond acceptors (Lipinski definition) is 2. The maximum atomic E-state index is 10.9. The Labute approximate surface area is 82.9 Å². The number of hydrogen-bond donors (Lipinski definition) is 3. The van der Waals surface area contributed by atoms with Crippen LogP contribution in [0, 0.1) is 12.3 Å². The van der Waals surface area contributed by atoms with Gasteiger partial charge in [-0.25, -0.2) is 4.79 Å². The van der Waals surface area contributed by atoms with E-state index in [0.717, 1.165) is 12.8 Å². The molecule has 0 aliphatic carbocycles. The fraction of sp³-hybridized carbons (Fsp3) is 0.556. The van der Waals surface area contributed by atoms with Gasteiger partial charge in [0, 0.05) is 13.0 Å². The van der Waals surface area contributed by atoms with E-state index in [0.29, 0.717) is 13.0 Å². The van der Waals surface area contributed by atoms with Crippen LogP contribution in [0.25, 0.3) is 0 Å². The summed E-state index contributed by atoms with van der Waals surface area (Å²) in [5.74, 6) is 1.43. The van der Waals surface area contributed by atoms with E-state index in [1.165, 1.54) is 0 Å². The molecular formula is C9H14N2O3. The van der Waals surface area contributed by atoms with Gasteiger partial charge >= 0.3 is 12.0 Å². The Morgan fingerprint density at radius 3 is 2.57 bits per heavy atom. The number of aliphatic carboxylic acids is 1. The summed E-state index contributed by atoms with van der Waals surface area (Å²) in [6, 6.07) is -0.465. The average Bonchev–Trinajstić information content (AvgIpc) is 2.14. The number of terminal acetylenes is 1. The smallest absolute Gasteiger partial charge is 0.323 e. The second-order valence-electron chi connectivity index (χ2n) is 2.66. The maximum Gasteiger partial charge on any atom is 0.323 e. The largest absolute Gasteiger partial charge is 0.480 e. The third-order valence-electron chi connectivity index (χ3n) is 1.43. The first-order valence-corrected chi connectivity index (χ1v) is 4.33. The zero-order valence-corrected chi connectivity index (χ0v) is 7.88. The number of carboxylic acid groups (broad SMARTS) is 1. The van der Waals surface area contributed by atoms with Crippen molar-refractivity contribution in [2.45, 2.75) is 19.3 Å². The molecule has 14 heavy (non-hydrogen) atoms. The monoisotopic (exact) mass is 198 g/mol. The van der Waals surface area contributed by atoms with Gasteiger partial charge in [0.15, 0.2) is 0 Å². The third kappa shape index (κ3) is 8.40. The maximum absolute atomic E-state index is 10.9. The van der Waals surface area contributed by atoms with Crippen molar-refractivity contribution in [2.24, 2.45) is 0 Å². The molecule has 0 rings (SSSR count). The summed E-state index contributed by atoms with van der Waals surface area (Å²) in [6.45, 7) is 0.142. The van der Waals surface area contributed by atoms with E-state index in [2.05, 4.69) is 16.6 Å². The van der Waals surface area contributed by atoms with Crippen LogP contribution in [-0.4, -0.2) is 30.2 Å². The molecule has 0 aliphatic rings. The second kappa shape index (κ2) is 7.92. The predicted molar refractivity (Wildman–Crippen MR) is 51.7 cm³/mol. The van der Waals surface area contributed by atoms with E-state index < -0.39 is 12.0 Å². The van der Waals surface area contributed by atoms with Crippen molar-refractivity contribution in [3.63, 3.8) is 0 Å². The summed E-state index contributed by atoms with van der Waals surface area (Å²) in [6.07, 6.45) is 7.38. The quantitative estimate of drug-likeness (QED) is 0.420. The van der Waals surface area contributed by atoms with Crippen LogP contribution in [0.4, 0.5) is 4.79 Å². The molecule has 0 fully saturated rings. The average molecular weight is 198 g/mol. The van der Waals surface area contributed by atoms with Gasteiger partial charge in [0.1, 0.15) is 6.54 Å². The highest BCUT2D eigenvalue weighted by molar-refractivity contribution is 5.79. The molecule has 78 valence electrons. The lowest BCUT2D eigenvalue weighted by molar-refractivity contribution is -0.135. The number of carbonyl (C=O) groups is 2. The molecular weight excluding hydrogens is 184 g/mol. The topological polar surface area (TPSA) is 78.4 Å². The lowest BCUT2D eigenvalue weighted by Gasteiger charge is -2.04. The van der Waals surface area contributed by atoms with Crippen LogP contribution in [0.3, 0.4) is 0 Å². The summed E-state index contributed by atoms with van der Waals surface area (Å²) in [5, 5.41) is 12.9. The lowest BCUT2D eigenvalue weighted by atomic mass is 10.2. The van der Waals surface area contributed by atoms with Crippen molar-refractivity contribution in [3.05, 3.63) is 0 Å². The van der Waals surface area contributed by atoms with Gasteiger partial charge in [-0.15, -0.1) is 12.3 Å². The Hall–Kier alpha value is -1.70. The van der Waals surface area contributed by atoms with Gasteiger partial charge in [-0.2, -0.15) is 0 Å². The van der Waals surface area contributed by atoms with Gasteiger partial charge < -0.3 is 15.7 Å². The molecule has 5 nitrogen and oxygen atoms in total. The van der Waals surface area contributed by atoms with Gasteiger partial charge in [0.2, 0.25) is 0 Å². The van der Waals surface area contributed by atoms with Crippen molar-refractivity contribution in [2.75, 3.05) is 13.1 Å². The number of carbonyl (C=O) groups excluding carboxylic acids is 1. The summed E-state index contributed by atoms with van der Waals surface area (Å²) >= 11 is 0. The molecule has 0 spiro atoms. The minimum absolute atomic E-state index is 0.365. The van der Waals surface area contributed by atoms with E-state index in [1.807, 2.05) is 0 Å². The Morgan fingerprint density at radius 1 is 1.29 bits per heavy atom. The molecule has 0 aliphatic heterocycles. The molecule has 2 amide bonds. The highest BCUT2D eigenvalue weighted by atomic mass is 16.4. The fourth-order valence-electron chi connectivity index (χ4n) is 0.772. The summed E-state index contributed by atoms with van der Waals surface area (Å²) in [4.78, 5) is 20.9. The van der Waals surface area contributed by atoms with Gasteiger partial charge in [0.05, 0.1) is 0 Å². The standard InChI is InChI=1S/C9H14N2O3/c1-2-3-4-5-6-10-9(14)11-7-8(12)13/h1H,3-7H2,(H,12,13)(H2,10,11,14). The molecule has 0 radical (unpaired) electrons. The van der Waals surface area contributed by atoms with Gasteiger partial charge in [0.25, 0.3) is 0 Å². The molecule has 0 unspecified atom stereocenters. The van der Waals surface area contributed by atoms with Crippen LogP contribution in [0.1, 0.15) is 19.3 Å². The molecule has 0 aromatic carbocycles. The first-order valence-electron chi connectivity index (χ1n) is 4.33. The molecule has 3 N–H and O–H groups in total. The minimum atomic E-state index is -1.06. The molecule has 0 bridgehead atoms. The number of nitrogens with one attached hydrogen (secondary N) is 2. The Balaban J connectivity index is 3.28. The second-order valence-corrected chi connectivity index (χ2v) is 2.66. The number of rotatable bonds is 6. The van der Waals surface area contributed by atoms with Crippen molar-refractivity contribution in [1.29, 1.82) is 0 Å². The van der Waals surface area contributed by atoms with Crippen molar-refractivity contribution >= 4 is 12.0 Å². The fourth-order valence-corrected chi connectivity index (χ4v) is 0.772. The van der Waals surface area contributed by atoms with Crippen LogP contribution in [0.2, 0.25) is 0 Å². The number of carboxylic acids is 1. The minimum Gasteiger partial charge on any atom is -0.480 e. The summed E-state index contributed by atoms with van der Waals surface area (Å²) in [7, 11) is 0. The number of amides is 2. The lowest BCUT2D eigenvalue weighted by Crippen LogP contribution is -2.38.